The number of nitrogens with two attached hydrogens (primary N) is 1. The Morgan fingerprint density at radius 1 is 1.42 bits per heavy atom. The summed E-state index contributed by atoms with van der Waals surface area (Å²) in [6.45, 7) is 0. The number of phenols is 1. The van der Waals surface area contributed by atoms with Crippen LogP contribution in [0.4, 0.5) is 4.39 Å². The van der Waals surface area contributed by atoms with Gasteiger partial charge in [-0.1, -0.05) is 12.1 Å². The van der Waals surface area contributed by atoms with Gasteiger partial charge in [0.25, 0.3) is 0 Å². The Bertz CT molecular complexity index is 284. The average Bonchev–Trinajstić information content (AvgIpc) is 2.04. The van der Waals surface area contributed by atoms with Gasteiger partial charge in [0, 0.05) is 0 Å². The normalized spacial score (nSPS) is 12.4. The number of alkyl halides is 1. The second-order valence-electron chi connectivity index (χ2n) is 2.41. The first-order valence-electron chi connectivity index (χ1n) is 3.38. The molecule has 1 aromatic carbocycles. The molecule has 0 heterocycles. The summed E-state index contributed by atoms with van der Waals surface area (Å²) in [7, 11) is 0. The number of hydrogen-bond donors (Lipinski definition) is 3. The van der Waals surface area contributed by atoms with Crippen molar-refractivity contribution in [3.63, 3.8) is 0 Å². The van der Waals surface area contributed by atoms with Gasteiger partial charge < -0.3 is 10.8 Å². The number of phenolic OH excluding ortho intramolecular Hbond substituents is 1. The topological polar surface area (TPSA) is 70.1 Å². The van der Waals surface area contributed by atoms with E-state index >= 15 is 0 Å². The van der Waals surface area contributed by atoms with E-state index in [1.807, 2.05) is 0 Å². The smallest absolute Gasteiger partial charge is 0.181 e. The lowest BCUT2D eigenvalue weighted by molar-refractivity contribution is 0.433. The summed E-state index contributed by atoms with van der Waals surface area (Å²) in [5, 5.41) is 15.7. The van der Waals surface area contributed by atoms with E-state index in [-0.39, 0.29) is 11.3 Å². The molecule has 1 unspecified atom stereocenters. The van der Waals surface area contributed by atoms with E-state index in [9.17, 15) is 4.39 Å². The zero-order valence-electron chi connectivity index (χ0n) is 6.29. The number of hydrogen-bond acceptors (Lipinski definition) is 2. The third-order valence-electron chi connectivity index (χ3n) is 1.46. The van der Waals surface area contributed by atoms with Crippen molar-refractivity contribution in [1.29, 1.82) is 5.41 Å². The Labute approximate surface area is 69.1 Å². The third kappa shape index (κ3) is 1.72. The van der Waals surface area contributed by atoms with Crippen molar-refractivity contribution < 1.29 is 9.50 Å². The van der Waals surface area contributed by atoms with E-state index in [1.54, 1.807) is 0 Å². The number of aromatic hydroxyl groups is 1. The highest BCUT2D eigenvalue weighted by Gasteiger charge is 2.11. The van der Waals surface area contributed by atoms with Crippen LogP contribution in [0, 0.1) is 5.41 Å². The minimum absolute atomic E-state index is 0.0644. The zero-order valence-corrected chi connectivity index (χ0v) is 6.29. The molecule has 1 atom stereocenters. The van der Waals surface area contributed by atoms with E-state index in [0.29, 0.717) is 0 Å². The summed E-state index contributed by atoms with van der Waals surface area (Å²) in [5.74, 6) is -0.463. The Morgan fingerprint density at radius 2 is 1.92 bits per heavy atom. The van der Waals surface area contributed by atoms with E-state index in [1.165, 1.54) is 24.3 Å². The predicted molar refractivity (Wildman–Crippen MR) is 43.9 cm³/mol. The van der Waals surface area contributed by atoms with Crippen molar-refractivity contribution in [1.82, 2.24) is 0 Å². The van der Waals surface area contributed by atoms with Gasteiger partial charge in [0.1, 0.15) is 11.6 Å². The largest absolute Gasteiger partial charge is 0.508 e. The molecule has 0 fully saturated rings. The van der Waals surface area contributed by atoms with Crippen LogP contribution in [0.1, 0.15) is 11.7 Å². The minimum atomic E-state index is -1.58. The lowest BCUT2D eigenvalue weighted by Gasteiger charge is -2.05. The molecule has 0 saturated heterocycles. The van der Waals surface area contributed by atoms with Gasteiger partial charge in [0.05, 0.1) is 0 Å². The molecule has 12 heavy (non-hydrogen) atoms. The Hall–Kier alpha value is -1.58. The molecule has 0 radical (unpaired) electrons. The van der Waals surface area contributed by atoms with Crippen molar-refractivity contribution in [3.05, 3.63) is 29.8 Å². The van der Waals surface area contributed by atoms with Gasteiger partial charge in [-0.3, -0.25) is 5.41 Å². The zero-order chi connectivity index (χ0) is 9.14. The van der Waals surface area contributed by atoms with E-state index < -0.39 is 12.0 Å². The minimum Gasteiger partial charge on any atom is -0.508 e. The first-order valence-corrected chi connectivity index (χ1v) is 3.38. The average molecular weight is 168 g/mol. The fraction of sp³-hybridized carbons (Fsp3) is 0.125. The molecule has 0 aliphatic rings. The van der Waals surface area contributed by atoms with Crippen LogP contribution in [-0.2, 0) is 0 Å². The lowest BCUT2D eigenvalue weighted by Crippen LogP contribution is -2.16. The highest BCUT2D eigenvalue weighted by atomic mass is 19.1. The molecule has 0 saturated carbocycles. The molecule has 0 bridgehead atoms. The molecule has 64 valence electrons. The first kappa shape index (κ1) is 8.52. The summed E-state index contributed by atoms with van der Waals surface area (Å²) in [5.41, 5.74) is 5.23. The first-order chi connectivity index (χ1) is 5.61. The van der Waals surface area contributed by atoms with Crippen molar-refractivity contribution in [2.75, 3.05) is 0 Å². The van der Waals surface area contributed by atoms with Crippen LogP contribution < -0.4 is 5.73 Å². The van der Waals surface area contributed by atoms with Crippen molar-refractivity contribution >= 4 is 5.84 Å². The lowest BCUT2D eigenvalue weighted by atomic mass is 10.1. The maximum Gasteiger partial charge on any atom is 0.181 e. The number of amidine groups is 1. The quantitative estimate of drug-likeness (QED) is 0.460. The molecule has 0 aliphatic heterocycles. The molecular weight excluding hydrogens is 159 g/mol. The van der Waals surface area contributed by atoms with Crippen LogP contribution in [0.3, 0.4) is 0 Å². The maximum absolute atomic E-state index is 13.0. The molecule has 0 aliphatic carbocycles. The van der Waals surface area contributed by atoms with E-state index in [0.717, 1.165) is 0 Å². The summed E-state index contributed by atoms with van der Waals surface area (Å²) in [6, 6.07) is 5.48. The number of nitrogens with one attached hydrogen (secondary N) is 1. The number of rotatable bonds is 2. The fourth-order valence-corrected chi connectivity index (χ4v) is 0.823. The van der Waals surface area contributed by atoms with E-state index in [2.05, 4.69) is 0 Å². The van der Waals surface area contributed by atoms with Gasteiger partial charge in [-0.15, -0.1) is 0 Å². The number of halogens is 1. The van der Waals surface area contributed by atoms with Crippen LogP contribution in [0.15, 0.2) is 24.3 Å². The monoisotopic (exact) mass is 168 g/mol. The van der Waals surface area contributed by atoms with Gasteiger partial charge in [-0.25, -0.2) is 4.39 Å². The molecule has 1 aromatic rings. The van der Waals surface area contributed by atoms with Crippen molar-refractivity contribution in [2.45, 2.75) is 6.17 Å². The highest BCUT2D eigenvalue weighted by Crippen LogP contribution is 2.19. The highest BCUT2D eigenvalue weighted by molar-refractivity contribution is 5.82. The predicted octanol–water partition coefficient (Wildman–Crippen LogP) is 1.34. The van der Waals surface area contributed by atoms with Crippen LogP contribution in [-0.4, -0.2) is 10.9 Å². The third-order valence-corrected chi connectivity index (χ3v) is 1.46. The summed E-state index contributed by atoms with van der Waals surface area (Å²) in [4.78, 5) is 0. The molecule has 0 spiro atoms. The molecule has 0 amide bonds. The van der Waals surface area contributed by atoms with Gasteiger partial charge in [-0.2, -0.15) is 0 Å². The summed E-state index contributed by atoms with van der Waals surface area (Å²) in [6.07, 6.45) is -1.58. The molecule has 4 N–H and O–H groups in total. The molecular formula is C8H9FN2O. The second kappa shape index (κ2) is 3.21. The SMILES string of the molecule is N=C(N)C(F)c1ccc(O)cc1. The van der Waals surface area contributed by atoms with E-state index in [4.69, 9.17) is 16.2 Å². The van der Waals surface area contributed by atoms with Crippen LogP contribution in [0.25, 0.3) is 0 Å². The molecule has 4 heteroatoms. The summed E-state index contributed by atoms with van der Waals surface area (Å²) >= 11 is 0. The van der Waals surface area contributed by atoms with Crippen LogP contribution >= 0.6 is 0 Å². The van der Waals surface area contributed by atoms with Gasteiger partial charge in [0.15, 0.2) is 6.17 Å². The van der Waals surface area contributed by atoms with Gasteiger partial charge in [0.2, 0.25) is 0 Å². The Morgan fingerprint density at radius 3 is 2.33 bits per heavy atom. The Balaban J connectivity index is 2.89. The Kier molecular flexibility index (Phi) is 2.28. The standard InChI is InChI=1S/C8H9FN2O/c9-7(8(10)11)5-1-3-6(12)4-2-5/h1-4,7,12H,(H3,10,11). The molecule has 1 rings (SSSR count). The molecule has 0 aromatic heterocycles. The van der Waals surface area contributed by atoms with Crippen molar-refractivity contribution in [2.24, 2.45) is 5.73 Å². The van der Waals surface area contributed by atoms with Crippen LogP contribution in [0.2, 0.25) is 0 Å². The maximum atomic E-state index is 13.0. The molecule has 3 nitrogen and oxygen atoms in total. The fourth-order valence-electron chi connectivity index (χ4n) is 0.823. The van der Waals surface area contributed by atoms with Crippen molar-refractivity contribution in [3.8, 4) is 5.75 Å². The summed E-state index contributed by atoms with van der Waals surface area (Å²) < 4.78 is 13.0. The van der Waals surface area contributed by atoms with Gasteiger partial charge >= 0.3 is 0 Å². The van der Waals surface area contributed by atoms with Crippen LogP contribution in [0.5, 0.6) is 5.75 Å². The second-order valence-corrected chi connectivity index (χ2v) is 2.41. The van der Waals surface area contributed by atoms with Gasteiger partial charge in [-0.05, 0) is 17.7 Å². The number of benzene rings is 1.